The molecule has 1 atom stereocenters. The molecular weight excluding hydrogens is 272 g/mol. The second-order valence-corrected chi connectivity index (χ2v) is 7.96. The maximum Gasteiger partial charge on any atom is 0.226 e. The summed E-state index contributed by atoms with van der Waals surface area (Å²) in [6.07, 6.45) is 13.8. The summed E-state index contributed by atoms with van der Waals surface area (Å²) in [6.45, 7) is 5.65. The second kappa shape index (κ2) is 7.33. The van der Waals surface area contributed by atoms with E-state index in [1.165, 1.54) is 57.9 Å². The number of hydrogen-bond donors (Lipinski definition) is 1. The fraction of sp³-hybridized carbons (Fsp3) is 0.947. The Morgan fingerprint density at radius 1 is 1.09 bits per heavy atom. The lowest BCUT2D eigenvalue weighted by molar-refractivity contribution is -0.135. The average molecular weight is 306 g/mol. The van der Waals surface area contributed by atoms with Crippen molar-refractivity contribution in [3.8, 4) is 0 Å². The lowest BCUT2D eigenvalue weighted by Crippen LogP contribution is -2.49. The van der Waals surface area contributed by atoms with E-state index in [-0.39, 0.29) is 5.41 Å². The van der Waals surface area contributed by atoms with E-state index in [0.29, 0.717) is 17.9 Å². The van der Waals surface area contributed by atoms with Crippen molar-refractivity contribution in [1.82, 2.24) is 10.2 Å². The molecule has 0 aromatic carbocycles. The van der Waals surface area contributed by atoms with Crippen LogP contribution < -0.4 is 5.32 Å². The number of hydrogen-bond acceptors (Lipinski definition) is 2. The van der Waals surface area contributed by atoms with Gasteiger partial charge in [0.25, 0.3) is 0 Å². The van der Waals surface area contributed by atoms with Crippen LogP contribution in [0.25, 0.3) is 0 Å². The third-order valence-corrected chi connectivity index (χ3v) is 6.48. The third-order valence-electron chi connectivity index (χ3n) is 6.48. The lowest BCUT2D eigenvalue weighted by atomic mass is 9.67. The van der Waals surface area contributed by atoms with E-state index in [0.717, 1.165) is 32.4 Å². The van der Waals surface area contributed by atoms with Crippen molar-refractivity contribution in [3.63, 3.8) is 0 Å². The zero-order valence-electron chi connectivity index (χ0n) is 14.4. The molecule has 126 valence electrons. The summed E-state index contributed by atoms with van der Waals surface area (Å²) < 4.78 is 0. The van der Waals surface area contributed by atoms with Crippen LogP contribution in [-0.4, -0.2) is 36.5 Å². The average Bonchev–Trinajstić information content (AvgIpc) is 3.19. The van der Waals surface area contributed by atoms with Gasteiger partial charge in [0.2, 0.25) is 5.91 Å². The molecule has 1 N–H and O–H groups in total. The minimum Gasteiger partial charge on any atom is -0.352 e. The summed E-state index contributed by atoms with van der Waals surface area (Å²) in [4.78, 5) is 15.7. The fourth-order valence-electron chi connectivity index (χ4n) is 5.28. The number of rotatable bonds is 5. The monoisotopic (exact) mass is 306 g/mol. The Kier molecular flexibility index (Phi) is 5.43. The molecule has 3 heteroatoms. The molecule has 3 rings (SSSR count). The molecule has 0 radical (unpaired) electrons. The minimum atomic E-state index is -0.00139. The van der Waals surface area contributed by atoms with Crippen LogP contribution in [0.5, 0.6) is 0 Å². The van der Waals surface area contributed by atoms with E-state index < -0.39 is 0 Å². The molecular formula is C19H34N2O. The van der Waals surface area contributed by atoms with Crippen LogP contribution in [0.1, 0.15) is 77.6 Å². The number of likely N-dealkylation sites (tertiary alicyclic amines) is 1. The van der Waals surface area contributed by atoms with Crippen molar-refractivity contribution in [1.29, 1.82) is 0 Å². The molecule has 0 spiro atoms. The van der Waals surface area contributed by atoms with Gasteiger partial charge in [-0.2, -0.15) is 0 Å². The molecule has 0 aromatic rings. The molecule has 1 aliphatic heterocycles. The van der Waals surface area contributed by atoms with Crippen LogP contribution in [0, 0.1) is 11.3 Å². The summed E-state index contributed by atoms with van der Waals surface area (Å²) in [5, 5.41) is 3.47. The molecule has 1 saturated heterocycles. The van der Waals surface area contributed by atoms with Gasteiger partial charge in [0.1, 0.15) is 0 Å². The summed E-state index contributed by atoms with van der Waals surface area (Å²) >= 11 is 0. The highest BCUT2D eigenvalue weighted by atomic mass is 16.2. The van der Waals surface area contributed by atoms with Gasteiger partial charge < -0.3 is 10.2 Å². The van der Waals surface area contributed by atoms with Gasteiger partial charge >= 0.3 is 0 Å². The molecule has 3 nitrogen and oxygen atoms in total. The van der Waals surface area contributed by atoms with Crippen LogP contribution in [-0.2, 0) is 4.79 Å². The zero-order chi connectivity index (χ0) is 15.4. The fourth-order valence-corrected chi connectivity index (χ4v) is 5.28. The molecule has 22 heavy (non-hydrogen) atoms. The summed E-state index contributed by atoms with van der Waals surface area (Å²) in [5.74, 6) is 1.08. The van der Waals surface area contributed by atoms with E-state index in [9.17, 15) is 4.79 Å². The third kappa shape index (κ3) is 3.34. The summed E-state index contributed by atoms with van der Waals surface area (Å²) in [7, 11) is 0. The highest BCUT2D eigenvalue weighted by Gasteiger charge is 2.47. The van der Waals surface area contributed by atoms with Crippen LogP contribution >= 0.6 is 0 Å². The maximum absolute atomic E-state index is 13.2. The largest absolute Gasteiger partial charge is 0.352 e. The Balaban J connectivity index is 1.61. The van der Waals surface area contributed by atoms with E-state index >= 15 is 0 Å². The topological polar surface area (TPSA) is 32.3 Å². The van der Waals surface area contributed by atoms with E-state index in [4.69, 9.17) is 0 Å². The first-order chi connectivity index (χ1) is 10.7. The van der Waals surface area contributed by atoms with E-state index in [2.05, 4.69) is 17.1 Å². The summed E-state index contributed by atoms with van der Waals surface area (Å²) in [5.41, 5.74) is -0.00139. The number of nitrogens with zero attached hydrogens (tertiary/aromatic N) is 1. The number of nitrogens with one attached hydrogen (secondary N) is 1. The van der Waals surface area contributed by atoms with Crippen LogP contribution in [0.3, 0.4) is 0 Å². The molecule has 1 amide bonds. The van der Waals surface area contributed by atoms with Gasteiger partial charge in [-0.3, -0.25) is 4.79 Å². The molecule has 1 heterocycles. The molecule has 2 aliphatic carbocycles. The van der Waals surface area contributed by atoms with Gasteiger partial charge in [0.05, 0.1) is 5.41 Å². The lowest BCUT2D eigenvalue weighted by Gasteiger charge is -2.39. The number of carbonyl (C=O) groups excluding carboxylic acids is 1. The van der Waals surface area contributed by atoms with Gasteiger partial charge in [-0.1, -0.05) is 39.0 Å². The standard InChI is InChI=1S/C19H34N2O/c1-2-13-21-14-10-17(15-21)20-18(22)19(11-6-7-12-19)16-8-4-3-5-9-16/h16-17H,2-15H2,1H3,(H,20,22). The maximum atomic E-state index is 13.2. The highest BCUT2D eigenvalue weighted by Crippen LogP contribution is 2.50. The van der Waals surface area contributed by atoms with Crippen molar-refractivity contribution >= 4 is 5.91 Å². The van der Waals surface area contributed by atoms with Crippen LogP contribution in [0.4, 0.5) is 0 Å². The Morgan fingerprint density at radius 2 is 1.82 bits per heavy atom. The minimum absolute atomic E-state index is 0.00139. The molecule has 3 aliphatic rings. The molecule has 0 aromatic heterocycles. The van der Waals surface area contributed by atoms with E-state index in [1.807, 2.05) is 0 Å². The predicted molar refractivity (Wildman–Crippen MR) is 90.8 cm³/mol. The number of amides is 1. The van der Waals surface area contributed by atoms with Crippen LogP contribution in [0.2, 0.25) is 0 Å². The number of carbonyl (C=O) groups is 1. The van der Waals surface area contributed by atoms with Crippen molar-refractivity contribution in [2.45, 2.75) is 83.6 Å². The highest BCUT2D eigenvalue weighted by molar-refractivity contribution is 5.83. The quantitative estimate of drug-likeness (QED) is 0.839. The van der Waals surface area contributed by atoms with Gasteiger partial charge in [-0.15, -0.1) is 0 Å². The smallest absolute Gasteiger partial charge is 0.226 e. The molecule has 2 saturated carbocycles. The van der Waals surface area contributed by atoms with E-state index in [1.54, 1.807) is 0 Å². The summed E-state index contributed by atoms with van der Waals surface area (Å²) in [6, 6.07) is 0.403. The van der Waals surface area contributed by atoms with Crippen molar-refractivity contribution in [2.75, 3.05) is 19.6 Å². The Hall–Kier alpha value is -0.570. The Bertz CT molecular complexity index is 370. The predicted octanol–water partition coefficient (Wildman–Crippen LogP) is 3.73. The first-order valence-electron chi connectivity index (χ1n) is 9.78. The Labute approximate surface area is 136 Å². The molecule has 1 unspecified atom stereocenters. The van der Waals surface area contributed by atoms with Gasteiger partial charge in [-0.05, 0) is 51.0 Å². The second-order valence-electron chi connectivity index (χ2n) is 7.96. The SMILES string of the molecule is CCCN1CCC(NC(=O)C2(C3CCCCC3)CCCC2)C1. The van der Waals surface area contributed by atoms with Crippen molar-refractivity contribution in [2.24, 2.45) is 11.3 Å². The normalized spacial score (nSPS) is 29.8. The van der Waals surface area contributed by atoms with Gasteiger partial charge in [0, 0.05) is 19.1 Å². The van der Waals surface area contributed by atoms with Gasteiger partial charge in [-0.25, -0.2) is 0 Å². The molecule has 3 fully saturated rings. The first kappa shape index (κ1) is 16.3. The van der Waals surface area contributed by atoms with Crippen LogP contribution in [0.15, 0.2) is 0 Å². The first-order valence-corrected chi connectivity index (χ1v) is 9.78. The zero-order valence-corrected chi connectivity index (χ0v) is 14.4. The van der Waals surface area contributed by atoms with Crippen molar-refractivity contribution in [3.05, 3.63) is 0 Å². The van der Waals surface area contributed by atoms with Gasteiger partial charge in [0.15, 0.2) is 0 Å². The Morgan fingerprint density at radius 3 is 2.50 bits per heavy atom. The van der Waals surface area contributed by atoms with Crippen molar-refractivity contribution < 1.29 is 4.79 Å². The molecule has 0 bridgehead atoms.